The summed E-state index contributed by atoms with van der Waals surface area (Å²) < 4.78 is 24.4. The molecule has 0 aliphatic carbocycles. The molecule has 2 aromatic carbocycles. The molecule has 8 heteroatoms. The number of carbonyl (C=O) groups excluding carboxylic acids is 1. The largest absolute Gasteiger partial charge is 0.369 e. The molecule has 0 spiro atoms. The third kappa shape index (κ3) is 5.48. The van der Waals surface area contributed by atoms with Gasteiger partial charge in [0, 0.05) is 51.0 Å². The maximum atomic E-state index is 12.4. The van der Waals surface area contributed by atoms with Crippen molar-refractivity contribution in [3.63, 3.8) is 0 Å². The van der Waals surface area contributed by atoms with E-state index in [4.69, 9.17) is 0 Å². The van der Waals surface area contributed by atoms with E-state index in [1.165, 1.54) is 17.0 Å². The first-order valence-corrected chi connectivity index (χ1v) is 11.4. The smallest absolute Gasteiger partial charge is 0.251 e. The molecule has 1 fully saturated rings. The number of sulfonamides is 1. The van der Waals surface area contributed by atoms with Crippen molar-refractivity contribution in [3.8, 4) is 0 Å². The van der Waals surface area contributed by atoms with Crippen LogP contribution in [0.4, 0.5) is 11.4 Å². The van der Waals surface area contributed by atoms with E-state index in [0.29, 0.717) is 17.8 Å². The van der Waals surface area contributed by atoms with Gasteiger partial charge in [-0.15, -0.1) is 0 Å². The van der Waals surface area contributed by atoms with Crippen molar-refractivity contribution in [3.05, 3.63) is 59.7 Å². The minimum absolute atomic E-state index is 0.193. The summed E-state index contributed by atoms with van der Waals surface area (Å²) >= 11 is 0. The van der Waals surface area contributed by atoms with Crippen molar-refractivity contribution in [1.82, 2.24) is 10.2 Å². The number of rotatable bonds is 6. The summed E-state index contributed by atoms with van der Waals surface area (Å²) in [4.78, 5) is 17.1. The van der Waals surface area contributed by atoms with E-state index in [0.717, 1.165) is 38.0 Å². The van der Waals surface area contributed by atoms with E-state index in [1.54, 1.807) is 24.3 Å². The van der Waals surface area contributed by atoms with Crippen LogP contribution in [0, 0.1) is 0 Å². The Labute approximate surface area is 173 Å². The van der Waals surface area contributed by atoms with Gasteiger partial charge in [0.15, 0.2) is 0 Å². The topological polar surface area (TPSA) is 73.0 Å². The highest BCUT2D eigenvalue weighted by Crippen LogP contribution is 2.18. The average molecular weight is 417 g/mol. The molecule has 0 radical (unpaired) electrons. The van der Waals surface area contributed by atoms with E-state index < -0.39 is 10.0 Å². The first-order chi connectivity index (χ1) is 13.7. The van der Waals surface area contributed by atoms with Gasteiger partial charge < -0.3 is 15.1 Å². The van der Waals surface area contributed by atoms with Crippen LogP contribution in [-0.4, -0.2) is 65.8 Å². The molecule has 29 heavy (non-hydrogen) atoms. The van der Waals surface area contributed by atoms with E-state index >= 15 is 0 Å². The summed E-state index contributed by atoms with van der Waals surface area (Å²) in [5.41, 5.74) is 3.25. The summed E-state index contributed by atoms with van der Waals surface area (Å²) in [5, 5.41) is 2.91. The number of nitrogens with zero attached hydrogens (tertiary/aromatic N) is 3. The SMILES string of the molecule is CN1CCN(c2ccc(CNC(=O)c3ccc(N(C)S(C)(=O)=O)cc3)cc2)CC1. The summed E-state index contributed by atoms with van der Waals surface area (Å²) in [6.07, 6.45) is 1.14. The molecule has 0 aromatic heterocycles. The predicted molar refractivity (Wildman–Crippen MR) is 117 cm³/mol. The zero-order chi connectivity index (χ0) is 21.0. The van der Waals surface area contributed by atoms with Gasteiger partial charge in [0.1, 0.15) is 0 Å². The second kappa shape index (κ2) is 8.84. The summed E-state index contributed by atoms with van der Waals surface area (Å²) in [5.74, 6) is -0.193. The lowest BCUT2D eigenvalue weighted by Gasteiger charge is -2.34. The van der Waals surface area contributed by atoms with E-state index in [2.05, 4.69) is 34.3 Å². The molecule has 1 saturated heterocycles. The maximum absolute atomic E-state index is 12.4. The number of anilines is 2. The van der Waals surface area contributed by atoms with Gasteiger partial charge in [0.2, 0.25) is 10.0 Å². The third-order valence-corrected chi connectivity index (χ3v) is 6.45. The van der Waals surface area contributed by atoms with Crippen LogP contribution in [0.25, 0.3) is 0 Å². The fourth-order valence-electron chi connectivity index (χ4n) is 3.19. The minimum atomic E-state index is -3.32. The predicted octanol–water partition coefficient (Wildman–Crippen LogP) is 1.76. The van der Waals surface area contributed by atoms with Crippen LogP contribution in [0.15, 0.2) is 48.5 Å². The zero-order valence-electron chi connectivity index (χ0n) is 17.1. The van der Waals surface area contributed by atoms with Crippen LogP contribution in [0.5, 0.6) is 0 Å². The molecule has 1 amide bonds. The van der Waals surface area contributed by atoms with Gasteiger partial charge in [-0.2, -0.15) is 0 Å². The lowest BCUT2D eigenvalue weighted by Crippen LogP contribution is -2.44. The van der Waals surface area contributed by atoms with Gasteiger partial charge in [0.05, 0.1) is 11.9 Å². The molecule has 3 rings (SSSR count). The van der Waals surface area contributed by atoms with Crippen LogP contribution < -0.4 is 14.5 Å². The Bertz CT molecular complexity index is 935. The summed E-state index contributed by atoms with van der Waals surface area (Å²) in [6.45, 7) is 4.62. The van der Waals surface area contributed by atoms with Crippen LogP contribution in [0.1, 0.15) is 15.9 Å². The van der Waals surface area contributed by atoms with Crippen LogP contribution in [0.3, 0.4) is 0 Å². The lowest BCUT2D eigenvalue weighted by molar-refractivity contribution is 0.0951. The number of likely N-dealkylation sites (N-methyl/N-ethyl adjacent to an activating group) is 1. The summed E-state index contributed by atoms with van der Waals surface area (Å²) in [7, 11) is 0.299. The van der Waals surface area contributed by atoms with Crippen LogP contribution in [-0.2, 0) is 16.6 Å². The monoisotopic (exact) mass is 416 g/mol. The van der Waals surface area contributed by atoms with Gasteiger partial charge in [-0.05, 0) is 49.0 Å². The molecule has 156 valence electrons. The van der Waals surface area contributed by atoms with Crippen molar-refractivity contribution in [1.29, 1.82) is 0 Å². The number of benzene rings is 2. The molecule has 0 atom stereocenters. The number of piperazine rings is 1. The molecule has 2 aromatic rings. The van der Waals surface area contributed by atoms with Gasteiger partial charge >= 0.3 is 0 Å². The first kappa shape index (κ1) is 21.1. The van der Waals surface area contributed by atoms with E-state index in [9.17, 15) is 13.2 Å². The van der Waals surface area contributed by atoms with E-state index in [1.807, 2.05) is 12.1 Å². The molecule has 1 N–H and O–H groups in total. The maximum Gasteiger partial charge on any atom is 0.251 e. The number of carbonyl (C=O) groups is 1. The normalized spacial score (nSPS) is 15.2. The molecule has 1 aliphatic rings. The quantitative estimate of drug-likeness (QED) is 0.777. The van der Waals surface area contributed by atoms with Gasteiger partial charge in [-0.25, -0.2) is 8.42 Å². The highest BCUT2D eigenvalue weighted by molar-refractivity contribution is 7.92. The minimum Gasteiger partial charge on any atom is -0.369 e. The van der Waals surface area contributed by atoms with Crippen molar-refractivity contribution >= 4 is 27.3 Å². The Morgan fingerprint density at radius 3 is 2.14 bits per heavy atom. The van der Waals surface area contributed by atoms with Crippen molar-refractivity contribution < 1.29 is 13.2 Å². The van der Waals surface area contributed by atoms with Gasteiger partial charge in [-0.3, -0.25) is 9.10 Å². The fourth-order valence-corrected chi connectivity index (χ4v) is 3.69. The Morgan fingerprint density at radius 1 is 1.00 bits per heavy atom. The fraction of sp³-hybridized carbons (Fsp3) is 0.381. The highest BCUT2D eigenvalue weighted by atomic mass is 32.2. The molecule has 7 nitrogen and oxygen atoms in total. The highest BCUT2D eigenvalue weighted by Gasteiger charge is 2.15. The van der Waals surface area contributed by atoms with E-state index in [-0.39, 0.29) is 5.91 Å². The van der Waals surface area contributed by atoms with Gasteiger partial charge in [0.25, 0.3) is 5.91 Å². The number of hydrogen-bond acceptors (Lipinski definition) is 5. The molecule has 0 bridgehead atoms. The van der Waals surface area contributed by atoms with Crippen LogP contribution in [0.2, 0.25) is 0 Å². The molecular weight excluding hydrogens is 388 g/mol. The second-order valence-corrected chi connectivity index (χ2v) is 9.43. The number of nitrogens with one attached hydrogen (secondary N) is 1. The van der Waals surface area contributed by atoms with Crippen molar-refractivity contribution in [2.24, 2.45) is 0 Å². The number of hydrogen-bond donors (Lipinski definition) is 1. The third-order valence-electron chi connectivity index (χ3n) is 5.25. The Balaban J connectivity index is 1.55. The lowest BCUT2D eigenvalue weighted by atomic mass is 10.1. The Morgan fingerprint density at radius 2 is 1.59 bits per heavy atom. The molecule has 0 unspecified atom stereocenters. The molecule has 0 saturated carbocycles. The first-order valence-electron chi connectivity index (χ1n) is 9.58. The Hall–Kier alpha value is -2.58. The molecule has 1 aliphatic heterocycles. The van der Waals surface area contributed by atoms with Crippen molar-refractivity contribution in [2.45, 2.75) is 6.54 Å². The second-order valence-electron chi connectivity index (χ2n) is 7.42. The molecular formula is C21H28N4O3S. The van der Waals surface area contributed by atoms with Gasteiger partial charge in [-0.1, -0.05) is 12.1 Å². The standard InChI is InChI=1S/C21H28N4O3S/c1-23-12-14-25(15-13-23)20-8-4-17(5-9-20)16-22-21(26)18-6-10-19(11-7-18)24(2)29(3,27)28/h4-11H,12-16H2,1-3H3,(H,22,26). The Kier molecular flexibility index (Phi) is 6.44. The average Bonchev–Trinajstić information content (AvgIpc) is 2.72. The molecule has 1 heterocycles. The number of amides is 1. The zero-order valence-corrected chi connectivity index (χ0v) is 17.9. The van der Waals surface area contributed by atoms with Crippen molar-refractivity contribution in [2.75, 3.05) is 55.7 Å². The van der Waals surface area contributed by atoms with Crippen LogP contribution >= 0.6 is 0 Å². The summed E-state index contributed by atoms with van der Waals surface area (Å²) in [6, 6.07) is 14.8.